The number of nitrogens with one attached hydrogen (secondary N) is 1. The Morgan fingerprint density at radius 1 is 0.950 bits per heavy atom. The molecule has 0 spiro atoms. The van der Waals surface area contributed by atoms with Crippen LogP contribution in [0.15, 0.2) is 77.7 Å². The molecule has 8 nitrogen and oxygen atoms in total. The van der Waals surface area contributed by atoms with Gasteiger partial charge in [0.15, 0.2) is 0 Å². The highest BCUT2D eigenvalue weighted by atomic mass is 35.5. The van der Waals surface area contributed by atoms with Crippen molar-refractivity contribution in [1.29, 1.82) is 0 Å². The summed E-state index contributed by atoms with van der Waals surface area (Å²) in [5, 5.41) is 3.49. The zero-order valence-corrected chi connectivity index (χ0v) is 25.0. The number of ether oxygens (including phenoxy) is 1. The maximum Gasteiger partial charge on any atom is 0.264 e. The fraction of sp³-hybridized carbons (Fsp3) is 0.310. The predicted octanol–water partition coefficient (Wildman–Crippen LogP) is 5.53. The van der Waals surface area contributed by atoms with Gasteiger partial charge in [-0.2, -0.15) is 0 Å². The van der Waals surface area contributed by atoms with Crippen LogP contribution in [0, 0.1) is 0 Å². The molecule has 0 fully saturated rings. The molecule has 11 heteroatoms. The normalized spacial score (nSPS) is 11.9. The van der Waals surface area contributed by atoms with E-state index in [1.807, 2.05) is 6.92 Å². The maximum atomic E-state index is 14.0. The van der Waals surface area contributed by atoms with Crippen molar-refractivity contribution in [1.82, 2.24) is 10.2 Å². The number of hydrogen-bond donors (Lipinski definition) is 1. The van der Waals surface area contributed by atoms with Gasteiger partial charge >= 0.3 is 0 Å². The Kier molecular flexibility index (Phi) is 11.2. The first kappa shape index (κ1) is 31.3. The van der Waals surface area contributed by atoms with Gasteiger partial charge in [-0.15, -0.1) is 0 Å². The van der Waals surface area contributed by atoms with Crippen LogP contribution in [0.5, 0.6) is 5.75 Å². The number of methoxy groups -OCH3 is 1. The molecule has 214 valence electrons. The van der Waals surface area contributed by atoms with Gasteiger partial charge in [0.25, 0.3) is 10.0 Å². The summed E-state index contributed by atoms with van der Waals surface area (Å²) in [4.78, 5) is 28.4. The Bertz CT molecular complexity index is 1400. The van der Waals surface area contributed by atoms with Crippen LogP contribution in [0.25, 0.3) is 0 Å². The summed E-state index contributed by atoms with van der Waals surface area (Å²) in [7, 11) is -2.80. The van der Waals surface area contributed by atoms with Crippen LogP contribution in [0.1, 0.15) is 32.3 Å². The first-order valence-corrected chi connectivity index (χ1v) is 15.0. The van der Waals surface area contributed by atoms with Crippen molar-refractivity contribution in [3.8, 4) is 5.75 Å². The molecule has 0 aliphatic rings. The van der Waals surface area contributed by atoms with E-state index >= 15 is 0 Å². The van der Waals surface area contributed by atoms with Gasteiger partial charge in [0.2, 0.25) is 11.8 Å². The summed E-state index contributed by atoms with van der Waals surface area (Å²) in [5.74, 6) is -0.736. The fourth-order valence-electron chi connectivity index (χ4n) is 4.04. The number of hydrogen-bond acceptors (Lipinski definition) is 5. The minimum atomic E-state index is -4.21. The molecule has 0 unspecified atom stereocenters. The second-order valence-electron chi connectivity index (χ2n) is 9.04. The molecule has 1 atom stereocenters. The number of halogens is 2. The number of anilines is 1. The van der Waals surface area contributed by atoms with Crippen molar-refractivity contribution in [2.75, 3.05) is 24.5 Å². The number of para-hydroxylation sites is 2. The molecule has 2 amide bonds. The van der Waals surface area contributed by atoms with E-state index in [0.29, 0.717) is 22.2 Å². The van der Waals surface area contributed by atoms with Gasteiger partial charge in [-0.3, -0.25) is 13.9 Å². The van der Waals surface area contributed by atoms with E-state index in [0.717, 1.165) is 17.1 Å². The summed E-state index contributed by atoms with van der Waals surface area (Å²) in [6, 6.07) is 18.3. The fourth-order valence-corrected chi connectivity index (χ4v) is 6.00. The van der Waals surface area contributed by atoms with E-state index < -0.39 is 28.5 Å². The SMILES string of the molecule is CCCCNC(=O)[C@@H](C)N(Cc1c(Cl)cccc1Cl)C(=O)CN(c1ccccc1OC)S(=O)(=O)c1ccccc1. The monoisotopic (exact) mass is 605 g/mol. The number of carbonyl (C=O) groups is 2. The van der Waals surface area contributed by atoms with Crippen LogP contribution in [0.2, 0.25) is 10.0 Å². The first-order valence-electron chi connectivity index (χ1n) is 12.8. The average Bonchev–Trinajstić information content (AvgIpc) is 2.95. The average molecular weight is 607 g/mol. The Labute approximate surface area is 245 Å². The standard InChI is InChI=1S/C29H33Cl2N3O5S/c1-4-5-18-32-29(36)21(2)33(19-23-24(30)14-11-15-25(23)31)28(35)20-34(26-16-9-10-17-27(26)39-3)40(37,38)22-12-7-6-8-13-22/h6-17,21H,4-5,18-20H2,1-3H3,(H,32,36)/t21-/m1/s1. The van der Waals surface area contributed by atoms with Gasteiger partial charge in [0, 0.05) is 28.7 Å². The third-order valence-electron chi connectivity index (χ3n) is 6.35. The second-order valence-corrected chi connectivity index (χ2v) is 11.7. The minimum Gasteiger partial charge on any atom is -0.495 e. The van der Waals surface area contributed by atoms with Crippen LogP contribution in [-0.2, 0) is 26.2 Å². The zero-order valence-electron chi connectivity index (χ0n) is 22.6. The van der Waals surface area contributed by atoms with Crippen molar-refractivity contribution in [2.45, 2.75) is 44.2 Å². The van der Waals surface area contributed by atoms with E-state index in [-0.39, 0.29) is 28.8 Å². The quantitative estimate of drug-likeness (QED) is 0.258. The second kappa shape index (κ2) is 14.4. The molecule has 0 radical (unpaired) electrons. The van der Waals surface area contributed by atoms with Gasteiger partial charge < -0.3 is 15.0 Å². The molecule has 0 saturated heterocycles. The number of nitrogens with zero attached hydrogens (tertiary/aromatic N) is 2. The lowest BCUT2D eigenvalue weighted by Gasteiger charge is -2.32. The number of benzene rings is 3. The van der Waals surface area contributed by atoms with Gasteiger partial charge in [0.05, 0.1) is 17.7 Å². The smallest absolute Gasteiger partial charge is 0.264 e. The molecular formula is C29H33Cl2N3O5S. The number of rotatable bonds is 13. The van der Waals surface area contributed by atoms with E-state index in [4.69, 9.17) is 27.9 Å². The maximum absolute atomic E-state index is 14.0. The highest BCUT2D eigenvalue weighted by molar-refractivity contribution is 7.92. The van der Waals surface area contributed by atoms with Gasteiger partial charge in [-0.05, 0) is 49.7 Å². The number of unbranched alkanes of at least 4 members (excludes halogenated alkanes) is 1. The Morgan fingerprint density at radius 2 is 1.57 bits per heavy atom. The summed E-state index contributed by atoms with van der Waals surface area (Å²) in [6.45, 7) is 3.33. The molecule has 0 saturated carbocycles. The van der Waals surface area contributed by atoms with Crippen LogP contribution in [0.3, 0.4) is 0 Å². The highest BCUT2D eigenvalue weighted by Gasteiger charge is 2.34. The van der Waals surface area contributed by atoms with E-state index in [2.05, 4.69) is 5.32 Å². The lowest BCUT2D eigenvalue weighted by atomic mass is 10.1. The van der Waals surface area contributed by atoms with Crippen molar-refractivity contribution in [3.63, 3.8) is 0 Å². The molecule has 0 aliphatic heterocycles. The topological polar surface area (TPSA) is 96.0 Å². The molecule has 3 aromatic rings. The van der Waals surface area contributed by atoms with Crippen molar-refractivity contribution in [2.24, 2.45) is 0 Å². The summed E-state index contributed by atoms with van der Waals surface area (Å²) >= 11 is 12.8. The molecule has 0 aromatic heterocycles. The number of sulfonamides is 1. The predicted molar refractivity (Wildman–Crippen MR) is 158 cm³/mol. The molecule has 0 heterocycles. The molecular weight excluding hydrogens is 573 g/mol. The van der Waals surface area contributed by atoms with Crippen LogP contribution in [-0.4, -0.2) is 51.4 Å². The van der Waals surface area contributed by atoms with Crippen molar-refractivity contribution >= 4 is 50.7 Å². The highest BCUT2D eigenvalue weighted by Crippen LogP contribution is 2.33. The van der Waals surface area contributed by atoms with Crippen LogP contribution < -0.4 is 14.4 Å². The minimum absolute atomic E-state index is 0.000221. The number of amides is 2. The Balaban J connectivity index is 2.06. The van der Waals surface area contributed by atoms with Crippen molar-refractivity contribution in [3.05, 3.63) is 88.4 Å². The first-order chi connectivity index (χ1) is 19.1. The van der Waals surface area contributed by atoms with Crippen LogP contribution in [0.4, 0.5) is 5.69 Å². The lowest BCUT2D eigenvalue weighted by Crippen LogP contribution is -2.51. The molecule has 3 rings (SSSR count). The molecule has 40 heavy (non-hydrogen) atoms. The zero-order chi connectivity index (χ0) is 29.3. The number of carbonyl (C=O) groups excluding carboxylic acids is 2. The van der Waals surface area contributed by atoms with Crippen LogP contribution >= 0.6 is 23.2 Å². The van der Waals surface area contributed by atoms with Gasteiger partial charge in [-0.25, -0.2) is 8.42 Å². The van der Waals surface area contributed by atoms with Gasteiger partial charge in [-0.1, -0.05) is 72.9 Å². The Hall–Kier alpha value is -3.27. The molecule has 3 aromatic carbocycles. The lowest BCUT2D eigenvalue weighted by molar-refractivity contribution is -0.139. The largest absolute Gasteiger partial charge is 0.495 e. The van der Waals surface area contributed by atoms with Gasteiger partial charge in [0.1, 0.15) is 18.3 Å². The van der Waals surface area contributed by atoms with E-state index in [1.54, 1.807) is 67.6 Å². The third kappa shape index (κ3) is 7.47. The van der Waals surface area contributed by atoms with E-state index in [1.165, 1.54) is 24.1 Å². The summed E-state index contributed by atoms with van der Waals surface area (Å²) < 4.78 is 34.2. The third-order valence-corrected chi connectivity index (χ3v) is 8.83. The molecule has 1 N–H and O–H groups in total. The molecule has 0 aliphatic carbocycles. The molecule has 0 bridgehead atoms. The van der Waals surface area contributed by atoms with E-state index in [9.17, 15) is 18.0 Å². The van der Waals surface area contributed by atoms with Crippen molar-refractivity contribution < 1.29 is 22.7 Å². The Morgan fingerprint density at radius 3 is 2.20 bits per heavy atom. The summed E-state index contributed by atoms with van der Waals surface area (Å²) in [5.41, 5.74) is 0.625. The summed E-state index contributed by atoms with van der Waals surface area (Å²) in [6.07, 6.45) is 1.66.